The molecule has 2 heterocycles. The number of anilines is 2. The van der Waals surface area contributed by atoms with Crippen LogP contribution in [0.1, 0.15) is 0 Å². The summed E-state index contributed by atoms with van der Waals surface area (Å²) >= 11 is 0. The summed E-state index contributed by atoms with van der Waals surface area (Å²) < 4.78 is 0. The SMILES string of the molecule is CNc1cc(NCC2CNCCN2C)ncn1. The summed E-state index contributed by atoms with van der Waals surface area (Å²) in [4.78, 5) is 10.6. The maximum Gasteiger partial charge on any atom is 0.131 e. The Bertz CT molecular complexity index is 356. The van der Waals surface area contributed by atoms with E-state index in [9.17, 15) is 0 Å². The number of hydrogen-bond donors (Lipinski definition) is 3. The highest BCUT2D eigenvalue weighted by Crippen LogP contribution is 2.08. The third-order valence-electron chi connectivity index (χ3n) is 3.09. The Labute approximate surface area is 102 Å². The fourth-order valence-corrected chi connectivity index (χ4v) is 1.90. The number of hydrogen-bond acceptors (Lipinski definition) is 6. The van der Waals surface area contributed by atoms with Crippen LogP contribution in [0.2, 0.25) is 0 Å². The van der Waals surface area contributed by atoms with Crippen molar-refractivity contribution in [1.82, 2.24) is 20.2 Å². The van der Waals surface area contributed by atoms with Crippen LogP contribution in [0.15, 0.2) is 12.4 Å². The zero-order chi connectivity index (χ0) is 12.1. The Kier molecular flexibility index (Phi) is 4.11. The van der Waals surface area contributed by atoms with Crippen LogP contribution in [0.25, 0.3) is 0 Å². The lowest BCUT2D eigenvalue weighted by Crippen LogP contribution is -2.52. The minimum atomic E-state index is 0.511. The molecule has 2 rings (SSSR count). The smallest absolute Gasteiger partial charge is 0.131 e. The minimum absolute atomic E-state index is 0.511. The third kappa shape index (κ3) is 3.28. The quantitative estimate of drug-likeness (QED) is 0.675. The van der Waals surface area contributed by atoms with Gasteiger partial charge in [-0.2, -0.15) is 0 Å². The van der Waals surface area contributed by atoms with Crippen molar-refractivity contribution in [3.63, 3.8) is 0 Å². The van der Waals surface area contributed by atoms with E-state index in [1.165, 1.54) is 0 Å². The van der Waals surface area contributed by atoms with Crippen LogP contribution in [-0.2, 0) is 0 Å². The molecule has 17 heavy (non-hydrogen) atoms. The van der Waals surface area contributed by atoms with Gasteiger partial charge in [0.05, 0.1) is 0 Å². The number of rotatable bonds is 4. The molecule has 1 saturated heterocycles. The molecule has 0 amide bonds. The number of aromatic nitrogens is 2. The summed E-state index contributed by atoms with van der Waals surface area (Å²) in [5.74, 6) is 1.70. The molecule has 6 nitrogen and oxygen atoms in total. The van der Waals surface area contributed by atoms with Crippen molar-refractivity contribution >= 4 is 11.6 Å². The molecule has 1 atom stereocenters. The third-order valence-corrected chi connectivity index (χ3v) is 3.09. The van der Waals surface area contributed by atoms with Crippen LogP contribution in [0, 0.1) is 0 Å². The monoisotopic (exact) mass is 236 g/mol. The van der Waals surface area contributed by atoms with E-state index in [1.807, 2.05) is 13.1 Å². The van der Waals surface area contributed by atoms with Crippen molar-refractivity contribution in [3.05, 3.63) is 12.4 Å². The maximum absolute atomic E-state index is 4.20. The lowest BCUT2D eigenvalue weighted by molar-refractivity contribution is 0.209. The first-order chi connectivity index (χ1) is 8.29. The molecule has 0 bridgehead atoms. The van der Waals surface area contributed by atoms with Gasteiger partial charge >= 0.3 is 0 Å². The molecular weight excluding hydrogens is 216 g/mol. The first-order valence-electron chi connectivity index (χ1n) is 5.94. The van der Waals surface area contributed by atoms with Crippen LogP contribution < -0.4 is 16.0 Å². The van der Waals surface area contributed by atoms with Gasteiger partial charge in [0.25, 0.3) is 0 Å². The molecule has 1 aromatic rings. The molecule has 6 heteroatoms. The van der Waals surface area contributed by atoms with Gasteiger partial charge in [-0.15, -0.1) is 0 Å². The Morgan fingerprint density at radius 1 is 1.47 bits per heavy atom. The molecule has 0 saturated carbocycles. The second-order valence-corrected chi connectivity index (χ2v) is 4.26. The van der Waals surface area contributed by atoms with Crippen LogP contribution >= 0.6 is 0 Å². The molecule has 0 radical (unpaired) electrons. The molecular formula is C11H20N6. The fourth-order valence-electron chi connectivity index (χ4n) is 1.90. The predicted molar refractivity (Wildman–Crippen MR) is 69.4 cm³/mol. The number of nitrogens with one attached hydrogen (secondary N) is 3. The van der Waals surface area contributed by atoms with Crippen molar-refractivity contribution < 1.29 is 0 Å². The van der Waals surface area contributed by atoms with Gasteiger partial charge in [-0.25, -0.2) is 9.97 Å². The van der Waals surface area contributed by atoms with Crippen molar-refractivity contribution in [2.45, 2.75) is 6.04 Å². The maximum atomic E-state index is 4.20. The van der Waals surface area contributed by atoms with E-state index in [4.69, 9.17) is 0 Å². The summed E-state index contributed by atoms with van der Waals surface area (Å²) in [6, 6.07) is 2.42. The normalized spacial score (nSPS) is 21.2. The van der Waals surface area contributed by atoms with E-state index in [2.05, 4.69) is 37.9 Å². The Morgan fingerprint density at radius 3 is 3.06 bits per heavy atom. The topological polar surface area (TPSA) is 65.1 Å². The average Bonchev–Trinajstić information content (AvgIpc) is 2.38. The molecule has 1 unspecified atom stereocenters. The molecule has 1 aliphatic heterocycles. The summed E-state index contributed by atoms with van der Waals surface area (Å²) in [5.41, 5.74) is 0. The van der Waals surface area contributed by atoms with Crippen molar-refractivity contribution in [1.29, 1.82) is 0 Å². The van der Waals surface area contributed by atoms with Gasteiger partial charge in [0.15, 0.2) is 0 Å². The Balaban J connectivity index is 1.88. The first-order valence-corrected chi connectivity index (χ1v) is 5.94. The van der Waals surface area contributed by atoms with Crippen molar-refractivity contribution in [2.75, 3.05) is 50.9 Å². The first kappa shape index (κ1) is 12.1. The molecule has 1 aliphatic rings. The van der Waals surface area contributed by atoms with E-state index in [-0.39, 0.29) is 0 Å². The lowest BCUT2D eigenvalue weighted by atomic mass is 10.2. The van der Waals surface area contributed by atoms with Crippen molar-refractivity contribution in [2.24, 2.45) is 0 Å². The lowest BCUT2D eigenvalue weighted by Gasteiger charge is -2.33. The summed E-state index contributed by atoms with van der Waals surface area (Å²) in [7, 11) is 4.01. The fraction of sp³-hybridized carbons (Fsp3) is 0.636. The second-order valence-electron chi connectivity index (χ2n) is 4.26. The largest absolute Gasteiger partial charge is 0.373 e. The minimum Gasteiger partial charge on any atom is -0.373 e. The van der Waals surface area contributed by atoms with Crippen LogP contribution in [0.3, 0.4) is 0 Å². The van der Waals surface area contributed by atoms with E-state index in [0.717, 1.165) is 37.8 Å². The van der Waals surface area contributed by atoms with Gasteiger partial charge in [-0.3, -0.25) is 4.90 Å². The van der Waals surface area contributed by atoms with Crippen LogP contribution in [0.4, 0.5) is 11.6 Å². The number of nitrogens with zero attached hydrogens (tertiary/aromatic N) is 3. The highest BCUT2D eigenvalue weighted by Gasteiger charge is 2.17. The molecule has 1 aromatic heterocycles. The zero-order valence-electron chi connectivity index (χ0n) is 10.4. The standard InChI is InChI=1S/C11H20N6/c1-12-10-5-11(16-8-15-10)14-7-9-6-13-3-4-17(9)2/h5,8-9,13H,3-4,6-7H2,1-2H3,(H2,12,14,15,16). The predicted octanol–water partition coefficient (Wildman–Crippen LogP) is -0.166. The van der Waals surface area contributed by atoms with E-state index >= 15 is 0 Å². The van der Waals surface area contributed by atoms with Gasteiger partial charge in [0.2, 0.25) is 0 Å². The zero-order valence-corrected chi connectivity index (χ0v) is 10.4. The molecule has 0 spiro atoms. The number of piperazine rings is 1. The second kappa shape index (κ2) is 5.79. The Morgan fingerprint density at radius 2 is 2.29 bits per heavy atom. The van der Waals surface area contributed by atoms with E-state index < -0.39 is 0 Å². The molecule has 1 fully saturated rings. The summed E-state index contributed by atoms with van der Waals surface area (Å²) in [6.07, 6.45) is 1.57. The summed E-state index contributed by atoms with van der Waals surface area (Å²) in [5, 5.41) is 9.74. The Hall–Kier alpha value is -1.40. The van der Waals surface area contributed by atoms with Gasteiger partial charge in [0.1, 0.15) is 18.0 Å². The molecule has 94 valence electrons. The molecule has 0 aromatic carbocycles. The average molecular weight is 236 g/mol. The van der Waals surface area contributed by atoms with E-state index in [0.29, 0.717) is 6.04 Å². The van der Waals surface area contributed by atoms with Crippen molar-refractivity contribution in [3.8, 4) is 0 Å². The highest BCUT2D eigenvalue weighted by atomic mass is 15.2. The van der Waals surface area contributed by atoms with Gasteiger partial charge in [0, 0.05) is 45.3 Å². The van der Waals surface area contributed by atoms with Gasteiger partial charge in [-0.05, 0) is 7.05 Å². The molecule has 0 aliphatic carbocycles. The highest BCUT2D eigenvalue weighted by molar-refractivity contribution is 5.45. The molecule has 3 N–H and O–H groups in total. The van der Waals surface area contributed by atoms with Gasteiger partial charge < -0.3 is 16.0 Å². The van der Waals surface area contributed by atoms with Gasteiger partial charge in [-0.1, -0.05) is 0 Å². The van der Waals surface area contributed by atoms with Crippen LogP contribution in [0.5, 0.6) is 0 Å². The number of likely N-dealkylation sites (N-methyl/N-ethyl adjacent to an activating group) is 1. The van der Waals surface area contributed by atoms with Crippen LogP contribution in [-0.4, -0.2) is 61.2 Å². The van der Waals surface area contributed by atoms with E-state index in [1.54, 1.807) is 6.33 Å². The summed E-state index contributed by atoms with van der Waals surface area (Å²) in [6.45, 7) is 4.08.